The van der Waals surface area contributed by atoms with Crippen molar-refractivity contribution in [1.29, 1.82) is 0 Å². The van der Waals surface area contributed by atoms with Gasteiger partial charge in [-0.15, -0.1) is 0 Å². The summed E-state index contributed by atoms with van der Waals surface area (Å²) >= 11 is 0. The molecule has 1 amide bonds. The molecule has 0 saturated carbocycles. The molecular weight excluding hydrogens is 359 g/mol. The van der Waals surface area contributed by atoms with Gasteiger partial charge in [0.25, 0.3) is 0 Å². The topological polar surface area (TPSA) is 59.4 Å². The van der Waals surface area contributed by atoms with Gasteiger partial charge >= 0.3 is 6.09 Å². The molecule has 0 aliphatic heterocycles. The second-order valence-corrected chi connectivity index (χ2v) is 6.50. The number of anilines is 1. The summed E-state index contributed by atoms with van der Waals surface area (Å²) in [6, 6.07) is 8.99. The average molecular weight is 384 g/mol. The summed E-state index contributed by atoms with van der Waals surface area (Å²) in [7, 11) is 0. The number of nitrogens with zero attached hydrogens (tertiary/aromatic N) is 3. The number of halogens is 1. The molecule has 0 spiro atoms. The van der Waals surface area contributed by atoms with Crippen LogP contribution in [-0.4, -0.2) is 28.8 Å². The number of ether oxygens (including phenoxy) is 1. The fourth-order valence-electron chi connectivity index (χ4n) is 3.02. The van der Waals surface area contributed by atoms with Crippen LogP contribution >= 0.6 is 0 Å². The molecule has 0 aliphatic rings. The van der Waals surface area contributed by atoms with E-state index < -0.39 is 6.09 Å². The lowest BCUT2D eigenvalue weighted by molar-refractivity contribution is 0.200. The second kappa shape index (κ2) is 9.21. The fraction of sp³-hybridized carbons (Fsp3) is 0.333. The monoisotopic (exact) mass is 384 g/mol. The molecule has 0 bridgehead atoms. The maximum absolute atomic E-state index is 14.3. The number of benzene rings is 1. The minimum Gasteiger partial charge on any atom is -0.410 e. The van der Waals surface area contributed by atoms with E-state index in [4.69, 9.17) is 4.74 Å². The van der Waals surface area contributed by atoms with Gasteiger partial charge in [0.05, 0.1) is 17.4 Å². The fourth-order valence-corrected chi connectivity index (χ4v) is 3.02. The van der Waals surface area contributed by atoms with Crippen LogP contribution in [0.4, 0.5) is 14.9 Å². The number of rotatable bonds is 8. The number of hydrogen-bond donors (Lipinski definition) is 1. The number of nitrogens with one attached hydrogen (secondary N) is 1. The van der Waals surface area contributed by atoms with E-state index in [-0.39, 0.29) is 5.82 Å². The Morgan fingerprint density at radius 1 is 1.25 bits per heavy atom. The van der Waals surface area contributed by atoms with E-state index in [1.165, 1.54) is 6.20 Å². The summed E-state index contributed by atoms with van der Waals surface area (Å²) < 4.78 is 21.6. The number of carbonyl (C=O) groups is 1. The minimum atomic E-state index is -0.460. The molecule has 2 aromatic heterocycles. The average Bonchev–Trinajstić information content (AvgIpc) is 3.10. The molecule has 28 heavy (non-hydrogen) atoms. The molecule has 2 heterocycles. The number of aromatic nitrogens is 2. The van der Waals surface area contributed by atoms with Gasteiger partial charge in [-0.3, -0.25) is 14.7 Å². The predicted molar refractivity (Wildman–Crippen MR) is 108 cm³/mol. The van der Waals surface area contributed by atoms with Crippen molar-refractivity contribution in [3.63, 3.8) is 0 Å². The first-order valence-electron chi connectivity index (χ1n) is 9.58. The lowest BCUT2D eigenvalue weighted by atomic mass is 10.2. The smallest absolute Gasteiger partial charge is 0.410 e. The lowest BCUT2D eigenvalue weighted by Gasteiger charge is -2.26. The van der Waals surface area contributed by atoms with Gasteiger partial charge in [0.1, 0.15) is 5.75 Å². The van der Waals surface area contributed by atoms with E-state index in [9.17, 15) is 9.18 Å². The van der Waals surface area contributed by atoms with Gasteiger partial charge in [-0.1, -0.05) is 20.3 Å². The number of fused-ring (bicyclic) bond motifs is 1. The van der Waals surface area contributed by atoms with Gasteiger partial charge in [-0.05, 0) is 43.2 Å². The highest BCUT2D eigenvalue weighted by atomic mass is 19.1. The third kappa shape index (κ3) is 4.42. The normalized spacial score (nSPS) is 10.8. The Labute approximate surface area is 163 Å². The number of unbranched alkanes of at least 4 members (excludes halogenated alkanes) is 1. The van der Waals surface area contributed by atoms with Crippen molar-refractivity contribution in [3.05, 3.63) is 54.7 Å². The van der Waals surface area contributed by atoms with Crippen molar-refractivity contribution in [2.75, 3.05) is 18.1 Å². The Balaban J connectivity index is 1.85. The Morgan fingerprint density at radius 2 is 2.11 bits per heavy atom. The van der Waals surface area contributed by atoms with Crippen LogP contribution in [0.5, 0.6) is 5.75 Å². The van der Waals surface area contributed by atoms with Crippen molar-refractivity contribution < 1.29 is 13.9 Å². The minimum absolute atomic E-state index is 0.374. The van der Waals surface area contributed by atoms with Crippen LogP contribution in [0.2, 0.25) is 0 Å². The molecule has 1 N–H and O–H groups in total. The van der Waals surface area contributed by atoms with E-state index in [0.29, 0.717) is 24.5 Å². The maximum Gasteiger partial charge on any atom is 0.412 e. The van der Waals surface area contributed by atoms with Gasteiger partial charge in [0.2, 0.25) is 0 Å². The molecule has 148 valence electrons. The van der Waals surface area contributed by atoms with Gasteiger partial charge < -0.3 is 10.1 Å². The summed E-state index contributed by atoms with van der Waals surface area (Å²) in [5.74, 6) is 0.0953. The SMILES string of the molecule is CCCCNC(=O)Oc1ccc2c(ccn2N(CCC)c2ccncc2F)c1. The first-order chi connectivity index (χ1) is 13.6. The van der Waals surface area contributed by atoms with Crippen molar-refractivity contribution in [2.24, 2.45) is 0 Å². The zero-order valence-corrected chi connectivity index (χ0v) is 16.2. The van der Waals surface area contributed by atoms with E-state index in [1.54, 1.807) is 24.4 Å². The van der Waals surface area contributed by atoms with E-state index in [1.807, 2.05) is 34.9 Å². The summed E-state index contributed by atoms with van der Waals surface area (Å²) in [4.78, 5) is 15.7. The number of hydrogen-bond acceptors (Lipinski definition) is 4. The van der Waals surface area contributed by atoms with Crippen LogP contribution in [0.1, 0.15) is 33.1 Å². The van der Waals surface area contributed by atoms with Crippen LogP contribution in [0.3, 0.4) is 0 Å². The van der Waals surface area contributed by atoms with Crippen molar-refractivity contribution in [3.8, 4) is 5.75 Å². The Kier molecular flexibility index (Phi) is 6.47. The van der Waals surface area contributed by atoms with Crippen LogP contribution in [-0.2, 0) is 0 Å². The van der Waals surface area contributed by atoms with Crippen molar-refractivity contribution in [2.45, 2.75) is 33.1 Å². The molecule has 3 aromatic rings. The summed E-state index contributed by atoms with van der Waals surface area (Å²) in [6.45, 7) is 5.34. The quantitative estimate of drug-likeness (QED) is 0.570. The highest BCUT2D eigenvalue weighted by Gasteiger charge is 2.15. The maximum atomic E-state index is 14.3. The Hall–Kier alpha value is -3.09. The third-order valence-corrected chi connectivity index (χ3v) is 4.38. The highest BCUT2D eigenvalue weighted by Crippen LogP contribution is 2.26. The predicted octanol–water partition coefficient (Wildman–Crippen LogP) is 4.74. The third-order valence-electron chi connectivity index (χ3n) is 4.38. The first kappa shape index (κ1) is 19.7. The van der Waals surface area contributed by atoms with Gasteiger partial charge in [-0.2, -0.15) is 0 Å². The van der Waals surface area contributed by atoms with Crippen LogP contribution < -0.4 is 15.1 Å². The molecule has 0 saturated heterocycles. The molecule has 0 unspecified atom stereocenters. The number of carbonyl (C=O) groups excluding carboxylic acids is 1. The number of amides is 1. The lowest BCUT2D eigenvalue weighted by Crippen LogP contribution is -2.30. The molecule has 0 radical (unpaired) electrons. The summed E-state index contributed by atoms with van der Waals surface area (Å²) in [5, 5.41) is 5.50. The van der Waals surface area contributed by atoms with Crippen LogP contribution in [0.25, 0.3) is 10.9 Å². The highest BCUT2D eigenvalue weighted by molar-refractivity contribution is 5.83. The zero-order chi connectivity index (χ0) is 19.9. The largest absolute Gasteiger partial charge is 0.412 e. The molecular formula is C21H25FN4O2. The summed E-state index contributed by atoms with van der Waals surface area (Å²) in [5.41, 5.74) is 1.35. The van der Waals surface area contributed by atoms with Crippen molar-refractivity contribution in [1.82, 2.24) is 15.0 Å². The Bertz CT molecular complexity index is 941. The standard InChI is InChI=1S/C21H25FN4O2/c1-3-5-10-24-21(27)28-17-6-7-19-16(14-17)9-13-26(19)25(12-4-2)20-8-11-23-15-18(20)22/h6-9,11,13-15H,3-5,10,12H2,1-2H3,(H,24,27). The molecule has 1 aromatic carbocycles. The van der Waals surface area contributed by atoms with Gasteiger partial charge in [0.15, 0.2) is 5.82 Å². The van der Waals surface area contributed by atoms with Crippen molar-refractivity contribution >= 4 is 22.7 Å². The van der Waals surface area contributed by atoms with Gasteiger partial charge in [-0.25, -0.2) is 9.18 Å². The number of pyridine rings is 1. The molecule has 7 heteroatoms. The molecule has 6 nitrogen and oxygen atoms in total. The molecule has 0 fully saturated rings. The van der Waals surface area contributed by atoms with E-state index >= 15 is 0 Å². The van der Waals surface area contributed by atoms with Crippen LogP contribution in [0, 0.1) is 5.82 Å². The zero-order valence-electron chi connectivity index (χ0n) is 16.2. The van der Waals surface area contributed by atoms with E-state index in [0.717, 1.165) is 30.2 Å². The van der Waals surface area contributed by atoms with E-state index in [2.05, 4.69) is 17.2 Å². The second-order valence-electron chi connectivity index (χ2n) is 6.50. The molecule has 0 atom stereocenters. The molecule has 0 aliphatic carbocycles. The first-order valence-corrected chi connectivity index (χ1v) is 9.58. The van der Waals surface area contributed by atoms with Gasteiger partial charge in [0, 0.05) is 30.9 Å². The Morgan fingerprint density at radius 3 is 2.86 bits per heavy atom. The summed E-state index contributed by atoms with van der Waals surface area (Å²) in [6.07, 6.45) is 6.98. The van der Waals surface area contributed by atoms with Crippen LogP contribution in [0.15, 0.2) is 48.9 Å². The molecule has 3 rings (SSSR count).